The second-order valence-electron chi connectivity index (χ2n) is 9.18. The fourth-order valence-corrected chi connectivity index (χ4v) is 4.93. The zero-order valence-corrected chi connectivity index (χ0v) is 22.3. The van der Waals surface area contributed by atoms with Gasteiger partial charge in [-0.25, -0.2) is 4.79 Å². The van der Waals surface area contributed by atoms with Gasteiger partial charge in [-0.2, -0.15) is 13.2 Å². The van der Waals surface area contributed by atoms with E-state index < -0.39 is 24.5 Å². The third kappa shape index (κ3) is 8.59. The predicted molar refractivity (Wildman–Crippen MR) is 142 cm³/mol. The van der Waals surface area contributed by atoms with E-state index in [-0.39, 0.29) is 17.9 Å². The van der Waals surface area contributed by atoms with Crippen LogP contribution in [0, 0.1) is 5.92 Å². The number of furan rings is 1. The van der Waals surface area contributed by atoms with Gasteiger partial charge in [-0.1, -0.05) is 32.4 Å². The first-order valence-corrected chi connectivity index (χ1v) is 13.3. The Morgan fingerprint density at radius 3 is 2.59 bits per heavy atom. The third-order valence-corrected chi connectivity index (χ3v) is 7.12. The number of ether oxygens (including phenoxy) is 2. The maximum atomic E-state index is 13.1. The van der Waals surface area contributed by atoms with Crippen LogP contribution in [0.2, 0.25) is 0 Å². The Kier molecular flexibility index (Phi) is 10.1. The van der Waals surface area contributed by atoms with Gasteiger partial charge in [0, 0.05) is 27.5 Å². The molecule has 8 heteroatoms. The highest BCUT2D eigenvalue weighted by Crippen LogP contribution is 2.37. The largest absolute Gasteiger partial charge is 0.496 e. The number of carbonyl (C=O) groups excluding carboxylic acids is 1. The van der Waals surface area contributed by atoms with Crippen molar-refractivity contribution in [2.75, 3.05) is 19.5 Å². The van der Waals surface area contributed by atoms with Crippen LogP contribution < -0.4 is 4.74 Å². The summed E-state index contributed by atoms with van der Waals surface area (Å²) in [6.45, 7) is 6.78. The predicted octanol–water partition coefficient (Wildman–Crippen LogP) is 8.62. The van der Waals surface area contributed by atoms with E-state index in [1.54, 1.807) is 7.11 Å². The molecule has 3 aromatic rings. The fourth-order valence-electron chi connectivity index (χ4n) is 3.93. The number of hydrogen-bond acceptors (Lipinski definition) is 5. The highest BCUT2D eigenvalue weighted by atomic mass is 32.2. The van der Waals surface area contributed by atoms with Crippen molar-refractivity contribution >= 4 is 28.7 Å². The number of rotatable bonds is 13. The van der Waals surface area contributed by atoms with E-state index in [1.165, 1.54) is 37.1 Å². The summed E-state index contributed by atoms with van der Waals surface area (Å²) in [5, 5.41) is 0.885. The van der Waals surface area contributed by atoms with Crippen LogP contribution in [-0.4, -0.2) is 31.6 Å². The summed E-state index contributed by atoms with van der Waals surface area (Å²) < 4.78 is 55.9. The molecule has 1 heterocycles. The van der Waals surface area contributed by atoms with Crippen LogP contribution in [-0.2, 0) is 16.0 Å². The molecule has 0 fully saturated rings. The van der Waals surface area contributed by atoms with E-state index in [0.29, 0.717) is 11.3 Å². The number of unbranched alkanes of at least 4 members (excludes halogenated alkanes) is 2. The molecule has 3 rings (SSSR count). The van der Waals surface area contributed by atoms with Crippen molar-refractivity contribution in [3.8, 4) is 17.1 Å². The Labute approximate surface area is 220 Å². The van der Waals surface area contributed by atoms with Crippen LogP contribution in [0.4, 0.5) is 13.2 Å². The molecule has 200 valence electrons. The average Bonchev–Trinajstić information content (AvgIpc) is 3.27. The molecule has 37 heavy (non-hydrogen) atoms. The topological polar surface area (TPSA) is 48.7 Å². The van der Waals surface area contributed by atoms with Crippen molar-refractivity contribution in [2.24, 2.45) is 5.92 Å². The van der Waals surface area contributed by atoms with Gasteiger partial charge in [-0.15, -0.1) is 11.8 Å². The number of carbonyl (C=O) groups is 1. The molecule has 0 aliphatic heterocycles. The monoisotopic (exact) mass is 534 g/mol. The van der Waals surface area contributed by atoms with Crippen molar-refractivity contribution in [3.05, 3.63) is 60.2 Å². The molecule has 0 aliphatic rings. The smallest absolute Gasteiger partial charge is 0.389 e. The third-order valence-electron chi connectivity index (χ3n) is 5.90. The van der Waals surface area contributed by atoms with Crippen molar-refractivity contribution in [1.29, 1.82) is 0 Å². The Balaban J connectivity index is 1.73. The van der Waals surface area contributed by atoms with E-state index in [9.17, 15) is 18.0 Å². The van der Waals surface area contributed by atoms with E-state index in [0.717, 1.165) is 34.4 Å². The van der Waals surface area contributed by atoms with Gasteiger partial charge in [0.1, 0.15) is 17.1 Å². The number of benzene rings is 2. The van der Waals surface area contributed by atoms with E-state index >= 15 is 0 Å². The highest BCUT2D eigenvalue weighted by Gasteiger charge is 2.32. The van der Waals surface area contributed by atoms with Gasteiger partial charge in [-0.05, 0) is 61.7 Å². The maximum Gasteiger partial charge on any atom is 0.389 e. The molecule has 0 saturated carbocycles. The summed E-state index contributed by atoms with van der Waals surface area (Å²) in [5.74, 6) is -0.0323. The molecule has 0 saturated heterocycles. The molecule has 1 aromatic heterocycles. The van der Waals surface area contributed by atoms with Crippen molar-refractivity contribution in [1.82, 2.24) is 0 Å². The minimum absolute atomic E-state index is 0.134. The molecule has 2 aromatic carbocycles. The molecule has 0 spiro atoms. The van der Waals surface area contributed by atoms with Crippen LogP contribution in [0.3, 0.4) is 0 Å². The molecular weight excluding hydrogens is 501 g/mol. The molecule has 1 atom stereocenters. The van der Waals surface area contributed by atoms with Crippen LogP contribution in [0.5, 0.6) is 5.75 Å². The summed E-state index contributed by atoms with van der Waals surface area (Å²) in [6.07, 6.45) is -0.919. The summed E-state index contributed by atoms with van der Waals surface area (Å²) in [5.41, 5.74) is 2.85. The fraction of sp³-hybridized carbons (Fsp3) is 0.414. The number of alkyl halides is 3. The standard InChI is InChI=1S/C29H33F3O4S/c1-5-6-7-8-20-9-12-24(26(13-20)34-4)27-14-22-10-11-23(15-25(22)36-27)37-18-21(16-29(30,31)32)17-35-28(33)19(2)3/h9-15,21H,2,5-8,16-18H2,1,3-4H3. The molecule has 0 amide bonds. The van der Waals surface area contributed by atoms with Gasteiger partial charge in [0.2, 0.25) is 0 Å². The Hall–Kier alpha value is -2.87. The number of thioether (sulfide) groups is 1. The maximum absolute atomic E-state index is 13.1. The van der Waals surface area contributed by atoms with Crippen LogP contribution >= 0.6 is 11.8 Å². The second kappa shape index (κ2) is 13.1. The molecular formula is C29H33F3O4S. The minimum atomic E-state index is -4.36. The second-order valence-corrected chi connectivity index (χ2v) is 10.3. The number of esters is 1. The zero-order valence-electron chi connectivity index (χ0n) is 21.5. The summed E-state index contributed by atoms with van der Waals surface area (Å²) in [7, 11) is 1.64. The molecule has 0 bridgehead atoms. The average molecular weight is 535 g/mol. The van der Waals surface area contributed by atoms with Gasteiger partial charge in [0.15, 0.2) is 0 Å². The molecule has 4 nitrogen and oxygen atoms in total. The number of aryl methyl sites for hydroxylation is 1. The van der Waals surface area contributed by atoms with Gasteiger partial charge in [0.05, 0.1) is 25.7 Å². The molecule has 0 N–H and O–H groups in total. The van der Waals surface area contributed by atoms with E-state index in [4.69, 9.17) is 13.9 Å². The molecule has 0 aliphatic carbocycles. The molecule has 1 unspecified atom stereocenters. The lowest BCUT2D eigenvalue weighted by atomic mass is 10.0. The Morgan fingerprint density at radius 2 is 1.92 bits per heavy atom. The Morgan fingerprint density at radius 1 is 1.14 bits per heavy atom. The first-order chi connectivity index (χ1) is 17.6. The van der Waals surface area contributed by atoms with Gasteiger partial charge in [-0.3, -0.25) is 0 Å². The number of methoxy groups -OCH3 is 1. The van der Waals surface area contributed by atoms with Gasteiger partial charge in [0.25, 0.3) is 0 Å². The van der Waals surface area contributed by atoms with Crippen molar-refractivity contribution < 1.29 is 31.9 Å². The normalized spacial score (nSPS) is 12.5. The summed E-state index contributed by atoms with van der Waals surface area (Å²) in [6, 6.07) is 13.6. The van der Waals surface area contributed by atoms with Gasteiger partial charge >= 0.3 is 12.1 Å². The van der Waals surface area contributed by atoms with Crippen LogP contribution in [0.1, 0.15) is 45.1 Å². The first-order valence-electron chi connectivity index (χ1n) is 12.3. The first kappa shape index (κ1) is 28.7. The minimum Gasteiger partial charge on any atom is -0.496 e. The highest BCUT2D eigenvalue weighted by molar-refractivity contribution is 7.99. The number of fused-ring (bicyclic) bond motifs is 1. The Bertz CT molecular complexity index is 1220. The number of halogens is 3. The quantitative estimate of drug-likeness (QED) is 0.0951. The van der Waals surface area contributed by atoms with Crippen LogP contribution in [0.25, 0.3) is 22.3 Å². The van der Waals surface area contributed by atoms with Crippen molar-refractivity contribution in [2.45, 2.75) is 57.0 Å². The lowest BCUT2D eigenvalue weighted by Crippen LogP contribution is -2.23. The lowest BCUT2D eigenvalue weighted by Gasteiger charge is -2.18. The van der Waals surface area contributed by atoms with E-state index in [2.05, 4.69) is 19.6 Å². The van der Waals surface area contributed by atoms with E-state index in [1.807, 2.05) is 36.4 Å². The van der Waals surface area contributed by atoms with Crippen molar-refractivity contribution in [3.63, 3.8) is 0 Å². The SMILES string of the molecule is C=C(C)C(=O)OCC(CSc1ccc2cc(-c3ccc(CCCCC)cc3OC)oc2c1)CC(F)(F)F. The summed E-state index contributed by atoms with van der Waals surface area (Å²) >= 11 is 1.27. The number of hydrogen-bond donors (Lipinski definition) is 0. The van der Waals surface area contributed by atoms with Crippen LogP contribution in [0.15, 0.2) is 63.9 Å². The summed E-state index contributed by atoms with van der Waals surface area (Å²) in [4.78, 5) is 12.4. The zero-order chi connectivity index (χ0) is 27.0. The van der Waals surface area contributed by atoms with Gasteiger partial charge < -0.3 is 13.9 Å². The lowest BCUT2D eigenvalue weighted by molar-refractivity contribution is -0.154. The molecule has 0 radical (unpaired) electrons.